The van der Waals surface area contributed by atoms with Crippen LogP contribution in [-0.2, 0) is 15.6 Å². The van der Waals surface area contributed by atoms with Crippen LogP contribution in [0.25, 0.3) is 0 Å². The Morgan fingerprint density at radius 3 is 2.27 bits per heavy atom. The second-order valence-corrected chi connectivity index (χ2v) is 13.7. The van der Waals surface area contributed by atoms with Gasteiger partial charge in [0.1, 0.15) is 5.78 Å². The van der Waals surface area contributed by atoms with Gasteiger partial charge in [-0.1, -0.05) is 65.0 Å². The molecule has 0 aromatic heterocycles. The van der Waals surface area contributed by atoms with Crippen molar-refractivity contribution in [3.8, 4) is 0 Å². The van der Waals surface area contributed by atoms with Crippen molar-refractivity contribution in [2.75, 3.05) is 0 Å². The van der Waals surface area contributed by atoms with E-state index in [0.717, 1.165) is 12.8 Å². The molecule has 0 aliphatic carbocycles. The summed E-state index contributed by atoms with van der Waals surface area (Å²) in [4.78, 5) is 12.7. The van der Waals surface area contributed by atoms with Crippen molar-refractivity contribution in [1.29, 1.82) is 0 Å². The summed E-state index contributed by atoms with van der Waals surface area (Å²) in [6, 6.07) is 10.1. The number of hydrogen-bond donors (Lipinski definition) is 1. The number of ketones is 1. The molecule has 0 saturated carbocycles. The van der Waals surface area contributed by atoms with Gasteiger partial charge in [0.25, 0.3) is 0 Å². The molecule has 0 aliphatic heterocycles. The molecule has 3 atom stereocenters. The van der Waals surface area contributed by atoms with Crippen LogP contribution in [0.3, 0.4) is 0 Å². The Morgan fingerprint density at radius 1 is 1.19 bits per heavy atom. The molecular formula is C22H38O3Si. The van der Waals surface area contributed by atoms with E-state index in [-0.39, 0.29) is 29.3 Å². The fourth-order valence-electron chi connectivity index (χ4n) is 2.80. The van der Waals surface area contributed by atoms with Crippen LogP contribution in [0.5, 0.6) is 0 Å². The highest BCUT2D eigenvalue weighted by molar-refractivity contribution is 6.74. The van der Waals surface area contributed by atoms with Crippen molar-refractivity contribution in [2.45, 2.75) is 90.6 Å². The van der Waals surface area contributed by atoms with Crippen molar-refractivity contribution < 1.29 is 14.3 Å². The maximum atomic E-state index is 12.7. The third-order valence-corrected chi connectivity index (χ3v) is 10.3. The Labute approximate surface area is 161 Å². The van der Waals surface area contributed by atoms with Gasteiger partial charge in [-0.25, -0.2) is 0 Å². The fourth-order valence-corrected chi connectivity index (χ4v) is 4.28. The van der Waals surface area contributed by atoms with E-state index >= 15 is 0 Å². The van der Waals surface area contributed by atoms with Crippen LogP contribution in [0.1, 0.15) is 59.4 Å². The van der Waals surface area contributed by atoms with E-state index in [1.54, 1.807) is 0 Å². The lowest BCUT2D eigenvalue weighted by Gasteiger charge is -2.40. The van der Waals surface area contributed by atoms with Crippen molar-refractivity contribution in [1.82, 2.24) is 0 Å². The largest absolute Gasteiger partial charge is 0.413 e. The van der Waals surface area contributed by atoms with Gasteiger partial charge in [0.05, 0.1) is 12.2 Å². The van der Waals surface area contributed by atoms with Crippen LogP contribution < -0.4 is 0 Å². The minimum atomic E-state index is -1.91. The van der Waals surface area contributed by atoms with Gasteiger partial charge >= 0.3 is 0 Å². The fraction of sp³-hybridized carbons (Fsp3) is 0.682. The zero-order valence-corrected chi connectivity index (χ0v) is 18.7. The number of benzene rings is 1. The van der Waals surface area contributed by atoms with E-state index < -0.39 is 14.4 Å². The lowest BCUT2D eigenvalue weighted by atomic mass is 9.92. The molecular weight excluding hydrogens is 340 g/mol. The van der Waals surface area contributed by atoms with Gasteiger partial charge in [-0.15, -0.1) is 0 Å². The molecule has 0 heterocycles. The van der Waals surface area contributed by atoms with Crippen molar-refractivity contribution in [3.63, 3.8) is 0 Å². The Bertz CT molecular complexity index is 548. The van der Waals surface area contributed by atoms with Crippen LogP contribution in [-0.4, -0.2) is 31.4 Å². The maximum Gasteiger partial charge on any atom is 0.192 e. The molecule has 0 aliphatic rings. The van der Waals surface area contributed by atoms with Gasteiger partial charge in [0.2, 0.25) is 0 Å². The SMILES string of the molecule is CC[C@H](O[Si](C)(C)C(C)(C)C)[C@@H](C)C(=O)C[C@@H](O)CCc1ccccc1. The first-order valence-electron chi connectivity index (χ1n) is 9.90. The molecule has 1 aromatic rings. The zero-order chi connectivity index (χ0) is 20.0. The molecule has 4 heteroatoms. The highest BCUT2D eigenvalue weighted by Crippen LogP contribution is 2.38. The Kier molecular flexibility index (Phi) is 8.71. The molecule has 0 spiro atoms. The maximum absolute atomic E-state index is 12.7. The van der Waals surface area contributed by atoms with Crippen LogP contribution in [0.4, 0.5) is 0 Å². The molecule has 26 heavy (non-hydrogen) atoms. The second kappa shape index (κ2) is 9.82. The Balaban J connectivity index is 2.58. The first-order chi connectivity index (χ1) is 12.0. The summed E-state index contributed by atoms with van der Waals surface area (Å²) >= 11 is 0. The Hall–Kier alpha value is -0.973. The van der Waals surface area contributed by atoms with Crippen molar-refractivity contribution in [2.24, 2.45) is 5.92 Å². The summed E-state index contributed by atoms with van der Waals surface area (Å²) in [5.74, 6) is -0.0726. The lowest BCUT2D eigenvalue weighted by molar-refractivity contribution is -0.127. The average molecular weight is 379 g/mol. The number of aliphatic hydroxyl groups is 1. The van der Waals surface area contributed by atoms with Crippen LogP contribution in [0, 0.1) is 5.92 Å². The van der Waals surface area contributed by atoms with Gasteiger partial charge in [0, 0.05) is 12.3 Å². The molecule has 0 saturated heterocycles. The van der Waals surface area contributed by atoms with Gasteiger partial charge < -0.3 is 9.53 Å². The topological polar surface area (TPSA) is 46.5 Å². The third-order valence-electron chi connectivity index (χ3n) is 5.77. The van der Waals surface area contributed by atoms with Crippen molar-refractivity contribution in [3.05, 3.63) is 35.9 Å². The first kappa shape index (κ1) is 23.1. The molecule has 3 nitrogen and oxygen atoms in total. The number of aliphatic hydroxyl groups excluding tert-OH is 1. The molecule has 1 rings (SSSR count). The van der Waals surface area contributed by atoms with E-state index in [1.165, 1.54) is 5.56 Å². The number of hydrogen-bond acceptors (Lipinski definition) is 3. The Morgan fingerprint density at radius 2 is 1.77 bits per heavy atom. The van der Waals surface area contributed by atoms with E-state index in [2.05, 4.69) is 52.9 Å². The first-order valence-corrected chi connectivity index (χ1v) is 12.8. The normalized spacial score (nSPS) is 16.2. The number of carbonyl (C=O) groups excluding carboxylic acids is 1. The molecule has 148 valence electrons. The highest BCUT2D eigenvalue weighted by Gasteiger charge is 2.40. The molecule has 0 radical (unpaired) electrons. The smallest absolute Gasteiger partial charge is 0.192 e. The highest BCUT2D eigenvalue weighted by atomic mass is 28.4. The molecule has 0 fully saturated rings. The zero-order valence-electron chi connectivity index (χ0n) is 17.7. The molecule has 1 aromatic carbocycles. The second-order valence-electron chi connectivity index (χ2n) is 8.96. The van der Waals surface area contributed by atoms with Crippen LogP contribution >= 0.6 is 0 Å². The van der Waals surface area contributed by atoms with E-state index in [0.29, 0.717) is 6.42 Å². The standard InChI is InChI=1S/C22H38O3Si/c1-8-21(25-26(6,7)22(3,4)5)17(2)20(24)16-19(23)15-14-18-12-10-9-11-13-18/h9-13,17,19,21,23H,8,14-16H2,1-7H3/t17-,19-,21-/m0/s1. The van der Waals surface area contributed by atoms with E-state index in [1.807, 2.05) is 25.1 Å². The summed E-state index contributed by atoms with van der Waals surface area (Å²) < 4.78 is 6.48. The van der Waals surface area contributed by atoms with Crippen LogP contribution in [0.2, 0.25) is 18.1 Å². The molecule has 0 amide bonds. The summed E-state index contributed by atoms with van der Waals surface area (Å²) in [7, 11) is -1.91. The minimum absolute atomic E-state index is 0.0651. The molecule has 0 unspecified atom stereocenters. The van der Waals surface area contributed by atoms with Gasteiger partial charge in [-0.3, -0.25) is 4.79 Å². The van der Waals surface area contributed by atoms with Gasteiger partial charge in [0.15, 0.2) is 8.32 Å². The average Bonchev–Trinajstić information content (AvgIpc) is 2.57. The predicted molar refractivity (Wildman–Crippen MR) is 112 cm³/mol. The summed E-state index contributed by atoms with van der Waals surface area (Å²) in [6.07, 6.45) is 1.79. The monoisotopic (exact) mass is 378 g/mol. The molecule has 0 bridgehead atoms. The minimum Gasteiger partial charge on any atom is -0.413 e. The van der Waals surface area contributed by atoms with E-state index in [4.69, 9.17) is 4.43 Å². The van der Waals surface area contributed by atoms with Crippen LogP contribution in [0.15, 0.2) is 30.3 Å². The quantitative estimate of drug-likeness (QED) is 0.556. The summed E-state index contributed by atoms with van der Waals surface area (Å²) in [5, 5.41) is 10.4. The number of aryl methyl sites for hydroxylation is 1. The van der Waals surface area contributed by atoms with Gasteiger partial charge in [-0.05, 0) is 43.0 Å². The third kappa shape index (κ3) is 6.97. The summed E-state index contributed by atoms with van der Waals surface area (Å²) in [5.41, 5.74) is 1.19. The number of Topliss-reactive ketones (excluding diaryl/α,β-unsaturated/α-hetero) is 1. The lowest BCUT2D eigenvalue weighted by Crippen LogP contribution is -2.46. The number of rotatable bonds is 10. The molecule has 1 N–H and O–H groups in total. The van der Waals surface area contributed by atoms with Gasteiger partial charge in [-0.2, -0.15) is 0 Å². The van der Waals surface area contributed by atoms with E-state index in [9.17, 15) is 9.90 Å². The van der Waals surface area contributed by atoms with Crippen molar-refractivity contribution >= 4 is 14.1 Å². The predicted octanol–water partition coefficient (Wildman–Crippen LogP) is 5.38. The summed E-state index contributed by atoms with van der Waals surface area (Å²) in [6.45, 7) is 15.1. The number of carbonyl (C=O) groups is 1.